The van der Waals surface area contributed by atoms with Gasteiger partial charge in [0.05, 0.1) is 0 Å². The van der Waals surface area contributed by atoms with Crippen LogP contribution in [-0.4, -0.2) is 24.5 Å². The number of halogens is 1. The normalized spacial score (nSPS) is 12.6. The van der Waals surface area contributed by atoms with Crippen LogP contribution in [0.1, 0.15) is 36.6 Å². The van der Waals surface area contributed by atoms with E-state index in [0.717, 1.165) is 31.2 Å². The number of likely N-dealkylation sites (N-methyl/N-ethyl adjacent to an activating group) is 1. The number of nitrogens with zero attached hydrogens (tertiary/aromatic N) is 1. The summed E-state index contributed by atoms with van der Waals surface area (Å²) in [5, 5.41) is 4.42. The lowest BCUT2D eigenvalue weighted by Gasteiger charge is -2.30. The molecule has 0 bridgehead atoms. The van der Waals surface area contributed by atoms with Gasteiger partial charge in [-0.25, -0.2) is 0 Å². The molecule has 0 aliphatic rings. The average molecular weight is 331 g/mol. The van der Waals surface area contributed by atoms with E-state index in [-0.39, 0.29) is 0 Å². The standard InChI is InChI=1S/C20H27ClN2/c1-4-23(5-2)20(17-10-12-19(21)13-11-17)15-22-14-18-9-7-6-8-16(18)3/h6-13,20,22H,4-5,14-15H2,1-3H3. The van der Waals surface area contributed by atoms with E-state index in [1.165, 1.54) is 16.7 Å². The van der Waals surface area contributed by atoms with Crippen LogP contribution in [0.25, 0.3) is 0 Å². The predicted molar refractivity (Wildman–Crippen MR) is 100.0 cm³/mol. The monoisotopic (exact) mass is 330 g/mol. The fraction of sp³-hybridized carbons (Fsp3) is 0.400. The Bertz CT molecular complexity index is 591. The summed E-state index contributed by atoms with van der Waals surface area (Å²) in [4.78, 5) is 2.48. The molecule has 0 saturated heterocycles. The lowest BCUT2D eigenvalue weighted by atomic mass is 10.0. The molecule has 124 valence electrons. The number of hydrogen-bond donors (Lipinski definition) is 1. The van der Waals surface area contributed by atoms with Gasteiger partial charge in [0.1, 0.15) is 0 Å². The van der Waals surface area contributed by atoms with Crippen LogP contribution in [0.15, 0.2) is 48.5 Å². The summed E-state index contributed by atoms with van der Waals surface area (Å²) in [6, 6.07) is 17.2. The predicted octanol–water partition coefficient (Wildman–Crippen LogP) is 4.82. The second kappa shape index (κ2) is 9.07. The maximum Gasteiger partial charge on any atom is 0.0472 e. The molecule has 0 amide bonds. The van der Waals surface area contributed by atoms with Gasteiger partial charge in [-0.15, -0.1) is 0 Å². The number of nitrogens with one attached hydrogen (secondary N) is 1. The van der Waals surface area contributed by atoms with Crippen LogP contribution in [0.2, 0.25) is 5.02 Å². The number of benzene rings is 2. The van der Waals surface area contributed by atoms with Crippen molar-refractivity contribution in [3.63, 3.8) is 0 Å². The number of rotatable bonds is 8. The van der Waals surface area contributed by atoms with Gasteiger partial charge in [0, 0.05) is 24.2 Å². The minimum absolute atomic E-state index is 0.367. The molecule has 2 aromatic rings. The molecule has 0 spiro atoms. The zero-order chi connectivity index (χ0) is 16.7. The van der Waals surface area contributed by atoms with E-state index in [2.05, 4.69) is 67.4 Å². The zero-order valence-electron chi connectivity index (χ0n) is 14.3. The molecule has 1 atom stereocenters. The Morgan fingerprint density at radius 1 is 1.00 bits per heavy atom. The highest BCUT2D eigenvalue weighted by molar-refractivity contribution is 6.30. The molecular formula is C20H27ClN2. The van der Waals surface area contributed by atoms with Crippen molar-refractivity contribution in [3.05, 3.63) is 70.2 Å². The molecule has 0 aromatic heterocycles. The molecular weight excluding hydrogens is 304 g/mol. The van der Waals surface area contributed by atoms with E-state index in [4.69, 9.17) is 11.6 Å². The molecule has 1 unspecified atom stereocenters. The summed E-state index contributed by atoms with van der Waals surface area (Å²) in [6.07, 6.45) is 0. The summed E-state index contributed by atoms with van der Waals surface area (Å²) in [5.74, 6) is 0. The van der Waals surface area contributed by atoms with Gasteiger partial charge in [0.15, 0.2) is 0 Å². The first-order chi connectivity index (χ1) is 11.2. The van der Waals surface area contributed by atoms with Crippen LogP contribution < -0.4 is 5.32 Å². The Morgan fingerprint density at radius 3 is 2.26 bits per heavy atom. The van der Waals surface area contributed by atoms with Crippen molar-refractivity contribution in [2.24, 2.45) is 0 Å². The first-order valence-corrected chi connectivity index (χ1v) is 8.78. The third-order valence-electron chi connectivity index (χ3n) is 4.42. The Hall–Kier alpha value is -1.35. The average Bonchev–Trinajstić information content (AvgIpc) is 2.57. The highest BCUT2D eigenvalue weighted by Gasteiger charge is 2.17. The van der Waals surface area contributed by atoms with Gasteiger partial charge in [0.25, 0.3) is 0 Å². The summed E-state index contributed by atoms with van der Waals surface area (Å²) in [7, 11) is 0. The van der Waals surface area contributed by atoms with Crippen molar-refractivity contribution in [1.29, 1.82) is 0 Å². The van der Waals surface area contributed by atoms with E-state index in [0.29, 0.717) is 6.04 Å². The van der Waals surface area contributed by atoms with Crippen molar-refractivity contribution in [2.45, 2.75) is 33.4 Å². The second-order valence-electron chi connectivity index (χ2n) is 5.85. The van der Waals surface area contributed by atoms with Gasteiger partial charge in [-0.05, 0) is 48.8 Å². The van der Waals surface area contributed by atoms with Crippen LogP contribution in [0.3, 0.4) is 0 Å². The van der Waals surface area contributed by atoms with E-state index in [1.54, 1.807) is 0 Å². The summed E-state index contributed by atoms with van der Waals surface area (Å²) < 4.78 is 0. The Kier molecular flexibility index (Phi) is 7.10. The third kappa shape index (κ3) is 5.07. The maximum absolute atomic E-state index is 6.04. The molecule has 2 rings (SSSR count). The van der Waals surface area contributed by atoms with Gasteiger partial charge < -0.3 is 5.32 Å². The molecule has 0 fully saturated rings. The highest BCUT2D eigenvalue weighted by Crippen LogP contribution is 2.22. The third-order valence-corrected chi connectivity index (χ3v) is 4.67. The zero-order valence-corrected chi connectivity index (χ0v) is 15.1. The number of hydrogen-bond acceptors (Lipinski definition) is 2. The van der Waals surface area contributed by atoms with E-state index < -0.39 is 0 Å². The molecule has 23 heavy (non-hydrogen) atoms. The van der Waals surface area contributed by atoms with E-state index in [1.807, 2.05) is 12.1 Å². The topological polar surface area (TPSA) is 15.3 Å². The largest absolute Gasteiger partial charge is 0.311 e. The minimum Gasteiger partial charge on any atom is -0.311 e. The van der Waals surface area contributed by atoms with Crippen LogP contribution in [0, 0.1) is 6.92 Å². The van der Waals surface area contributed by atoms with E-state index >= 15 is 0 Å². The fourth-order valence-electron chi connectivity index (χ4n) is 2.96. The molecule has 0 heterocycles. The lowest BCUT2D eigenvalue weighted by molar-refractivity contribution is 0.213. The molecule has 2 nitrogen and oxygen atoms in total. The molecule has 0 aliphatic heterocycles. The fourth-order valence-corrected chi connectivity index (χ4v) is 3.09. The first kappa shape index (κ1) is 18.0. The van der Waals surface area contributed by atoms with Crippen LogP contribution in [0.4, 0.5) is 0 Å². The lowest BCUT2D eigenvalue weighted by Crippen LogP contribution is -2.35. The molecule has 0 saturated carbocycles. The van der Waals surface area contributed by atoms with Crippen LogP contribution in [-0.2, 0) is 6.54 Å². The SMILES string of the molecule is CCN(CC)C(CNCc1ccccc1C)c1ccc(Cl)cc1. The molecule has 2 aromatic carbocycles. The van der Waals surface area contributed by atoms with Crippen molar-refractivity contribution in [2.75, 3.05) is 19.6 Å². The highest BCUT2D eigenvalue weighted by atomic mass is 35.5. The molecule has 0 radical (unpaired) electrons. The Labute approximate surface area is 145 Å². The number of aryl methyl sites for hydroxylation is 1. The van der Waals surface area contributed by atoms with Gasteiger partial charge >= 0.3 is 0 Å². The van der Waals surface area contributed by atoms with Crippen LogP contribution >= 0.6 is 11.6 Å². The Balaban J connectivity index is 2.06. The quantitative estimate of drug-likeness (QED) is 0.746. The van der Waals surface area contributed by atoms with Gasteiger partial charge in [-0.3, -0.25) is 4.90 Å². The van der Waals surface area contributed by atoms with Crippen molar-refractivity contribution in [1.82, 2.24) is 10.2 Å². The Morgan fingerprint density at radius 2 is 1.65 bits per heavy atom. The van der Waals surface area contributed by atoms with E-state index in [9.17, 15) is 0 Å². The molecule has 3 heteroatoms. The van der Waals surface area contributed by atoms with Gasteiger partial charge in [-0.2, -0.15) is 0 Å². The van der Waals surface area contributed by atoms with Gasteiger partial charge in [-0.1, -0.05) is 61.8 Å². The minimum atomic E-state index is 0.367. The van der Waals surface area contributed by atoms with Crippen molar-refractivity contribution in [3.8, 4) is 0 Å². The first-order valence-electron chi connectivity index (χ1n) is 8.40. The smallest absolute Gasteiger partial charge is 0.0472 e. The second-order valence-corrected chi connectivity index (χ2v) is 6.28. The van der Waals surface area contributed by atoms with Gasteiger partial charge in [0.2, 0.25) is 0 Å². The summed E-state index contributed by atoms with van der Waals surface area (Å²) >= 11 is 6.04. The maximum atomic E-state index is 6.04. The van der Waals surface area contributed by atoms with Crippen LogP contribution in [0.5, 0.6) is 0 Å². The molecule has 1 N–H and O–H groups in total. The molecule has 0 aliphatic carbocycles. The summed E-state index contributed by atoms with van der Waals surface area (Å²) in [6.45, 7) is 10.5. The summed E-state index contributed by atoms with van der Waals surface area (Å²) in [5.41, 5.74) is 4.02. The van der Waals surface area contributed by atoms with Crippen molar-refractivity contribution >= 4 is 11.6 Å². The van der Waals surface area contributed by atoms with Crippen molar-refractivity contribution < 1.29 is 0 Å².